The van der Waals surface area contributed by atoms with Crippen LogP contribution in [0.4, 0.5) is 0 Å². The third kappa shape index (κ3) is 2.26. The zero-order valence-electron chi connectivity index (χ0n) is 12.2. The SMILES string of the molecule is Cc1ccc2c(c1C)OCC2NC(=O)C1CCC1C(=O)O. The highest BCUT2D eigenvalue weighted by Crippen LogP contribution is 2.39. The number of carbonyl (C=O) groups is 2. The summed E-state index contributed by atoms with van der Waals surface area (Å²) >= 11 is 0. The van der Waals surface area contributed by atoms with Gasteiger partial charge in [0.25, 0.3) is 0 Å². The normalized spacial score (nSPS) is 26.5. The molecule has 112 valence electrons. The first-order chi connectivity index (χ1) is 9.99. The average Bonchev–Trinajstić information content (AvgIpc) is 2.75. The van der Waals surface area contributed by atoms with Gasteiger partial charge in [-0.05, 0) is 37.8 Å². The predicted molar refractivity (Wildman–Crippen MR) is 76.1 cm³/mol. The Kier molecular flexibility index (Phi) is 3.35. The Balaban J connectivity index is 1.73. The van der Waals surface area contributed by atoms with E-state index in [1.54, 1.807) is 0 Å². The fraction of sp³-hybridized carbons (Fsp3) is 0.500. The van der Waals surface area contributed by atoms with Gasteiger partial charge in [0.1, 0.15) is 12.4 Å². The molecular formula is C16H19NO4. The molecule has 1 fully saturated rings. The molecule has 1 aliphatic heterocycles. The van der Waals surface area contributed by atoms with Crippen molar-refractivity contribution in [1.82, 2.24) is 5.32 Å². The van der Waals surface area contributed by atoms with Crippen LogP contribution in [-0.2, 0) is 9.59 Å². The molecule has 5 heteroatoms. The van der Waals surface area contributed by atoms with E-state index < -0.39 is 17.8 Å². The van der Waals surface area contributed by atoms with Crippen molar-refractivity contribution >= 4 is 11.9 Å². The lowest BCUT2D eigenvalue weighted by Gasteiger charge is -2.32. The second kappa shape index (κ2) is 5.06. The standard InChI is InChI=1S/C16H19NO4/c1-8-3-4-12-13(7-21-14(12)9(8)2)17-15(18)10-5-6-11(10)16(19)20/h3-4,10-11,13H,5-7H2,1-2H3,(H,17,18)(H,19,20). The van der Waals surface area contributed by atoms with Crippen molar-refractivity contribution in [2.24, 2.45) is 11.8 Å². The van der Waals surface area contributed by atoms with Gasteiger partial charge in [-0.3, -0.25) is 9.59 Å². The van der Waals surface area contributed by atoms with E-state index in [0.717, 1.165) is 22.4 Å². The maximum Gasteiger partial charge on any atom is 0.307 e. The van der Waals surface area contributed by atoms with Crippen LogP contribution in [0.3, 0.4) is 0 Å². The topological polar surface area (TPSA) is 75.6 Å². The van der Waals surface area contributed by atoms with Gasteiger partial charge in [0, 0.05) is 5.56 Å². The van der Waals surface area contributed by atoms with Crippen LogP contribution in [0.2, 0.25) is 0 Å². The maximum absolute atomic E-state index is 12.2. The summed E-state index contributed by atoms with van der Waals surface area (Å²) in [6, 6.07) is 3.82. The molecule has 0 radical (unpaired) electrons. The molecule has 2 aliphatic rings. The van der Waals surface area contributed by atoms with E-state index in [4.69, 9.17) is 9.84 Å². The highest BCUT2D eigenvalue weighted by atomic mass is 16.5. The number of aryl methyl sites for hydroxylation is 1. The molecule has 3 atom stereocenters. The summed E-state index contributed by atoms with van der Waals surface area (Å²) in [4.78, 5) is 23.2. The minimum atomic E-state index is -0.879. The van der Waals surface area contributed by atoms with Crippen LogP contribution < -0.4 is 10.1 Å². The lowest BCUT2D eigenvalue weighted by Crippen LogP contribution is -2.45. The van der Waals surface area contributed by atoms with Crippen LogP contribution in [-0.4, -0.2) is 23.6 Å². The molecule has 1 aliphatic carbocycles. The Bertz CT molecular complexity index is 611. The zero-order chi connectivity index (χ0) is 15.1. The van der Waals surface area contributed by atoms with Crippen LogP contribution in [0.15, 0.2) is 12.1 Å². The Morgan fingerprint density at radius 2 is 1.95 bits per heavy atom. The summed E-state index contributed by atoms with van der Waals surface area (Å²) < 4.78 is 5.70. The molecule has 0 saturated heterocycles. The minimum Gasteiger partial charge on any atom is -0.490 e. The number of carboxylic acids is 1. The van der Waals surface area contributed by atoms with Crippen molar-refractivity contribution in [3.8, 4) is 5.75 Å². The molecule has 0 spiro atoms. The van der Waals surface area contributed by atoms with E-state index in [2.05, 4.69) is 5.32 Å². The summed E-state index contributed by atoms with van der Waals surface area (Å²) in [5.41, 5.74) is 3.24. The summed E-state index contributed by atoms with van der Waals surface area (Å²) in [6.07, 6.45) is 1.24. The van der Waals surface area contributed by atoms with Gasteiger partial charge in [0.2, 0.25) is 5.91 Å². The fourth-order valence-corrected chi connectivity index (χ4v) is 3.04. The number of amides is 1. The second-order valence-corrected chi connectivity index (χ2v) is 5.93. The van der Waals surface area contributed by atoms with Crippen molar-refractivity contribution in [2.75, 3.05) is 6.61 Å². The van der Waals surface area contributed by atoms with E-state index in [1.165, 1.54) is 0 Å². The lowest BCUT2D eigenvalue weighted by atomic mass is 9.73. The van der Waals surface area contributed by atoms with Gasteiger partial charge in [0.15, 0.2) is 0 Å². The summed E-state index contributed by atoms with van der Waals surface area (Å²) in [6.45, 7) is 4.44. The Morgan fingerprint density at radius 1 is 1.24 bits per heavy atom. The monoisotopic (exact) mass is 289 g/mol. The third-order valence-electron chi connectivity index (χ3n) is 4.72. The van der Waals surface area contributed by atoms with Gasteiger partial charge in [-0.1, -0.05) is 12.1 Å². The Labute approximate surface area is 123 Å². The molecule has 2 N–H and O–H groups in total. The molecule has 0 bridgehead atoms. The summed E-state index contributed by atoms with van der Waals surface area (Å²) in [5, 5.41) is 12.0. The van der Waals surface area contributed by atoms with E-state index in [0.29, 0.717) is 19.4 Å². The van der Waals surface area contributed by atoms with Gasteiger partial charge in [0.05, 0.1) is 17.9 Å². The number of ether oxygens (including phenoxy) is 1. The van der Waals surface area contributed by atoms with E-state index in [-0.39, 0.29) is 11.9 Å². The van der Waals surface area contributed by atoms with Crippen LogP contribution >= 0.6 is 0 Å². The van der Waals surface area contributed by atoms with Crippen molar-refractivity contribution in [3.05, 3.63) is 28.8 Å². The number of rotatable bonds is 3. The van der Waals surface area contributed by atoms with E-state index in [9.17, 15) is 9.59 Å². The first-order valence-electron chi connectivity index (χ1n) is 7.25. The first kappa shape index (κ1) is 13.9. The van der Waals surface area contributed by atoms with Gasteiger partial charge < -0.3 is 15.2 Å². The second-order valence-electron chi connectivity index (χ2n) is 5.93. The largest absolute Gasteiger partial charge is 0.490 e. The number of carbonyl (C=O) groups excluding carboxylic acids is 1. The quantitative estimate of drug-likeness (QED) is 0.892. The molecule has 1 heterocycles. The molecule has 0 aromatic heterocycles. The van der Waals surface area contributed by atoms with Gasteiger partial charge in [-0.15, -0.1) is 0 Å². The predicted octanol–water partition coefficient (Wildman–Crippen LogP) is 1.96. The van der Waals surface area contributed by atoms with Gasteiger partial charge in [-0.25, -0.2) is 0 Å². The third-order valence-corrected chi connectivity index (χ3v) is 4.72. The molecule has 21 heavy (non-hydrogen) atoms. The van der Waals surface area contributed by atoms with Crippen molar-refractivity contribution in [3.63, 3.8) is 0 Å². The Hall–Kier alpha value is -2.04. The summed E-state index contributed by atoms with van der Waals surface area (Å²) in [7, 11) is 0. The molecular weight excluding hydrogens is 270 g/mol. The van der Waals surface area contributed by atoms with Crippen molar-refractivity contribution < 1.29 is 19.4 Å². The van der Waals surface area contributed by atoms with Crippen molar-refractivity contribution in [1.29, 1.82) is 0 Å². The molecule has 5 nitrogen and oxygen atoms in total. The van der Waals surface area contributed by atoms with E-state index >= 15 is 0 Å². The van der Waals surface area contributed by atoms with Crippen LogP contribution in [0.5, 0.6) is 5.75 Å². The van der Waals surface area contributed by atoms with Crippen LogP contribution in [0.1, 0.15) is 35.6 Å². The first-order valence-corrected chi connectivity index (χ1v) is 7.25. The number of carboxylic acid groups (broad SMARTS) is 1. The van der Waals surface area contributed by atoms with Crippen molar-refractivity contribution in [2.45, 2.75) is 32.7 Å². The highest BCUT2D eigenvalue weighted by molar-refractivity contribution is 5.86. The number of hydrogen-bond acceptors (Lipinski definition) is 3. The fourth-order valence-electron chi connectivity index (χ4n) is 3.04. The number of aliphatic carboxylic acids is 1. The molecule has 1 saturated carbocycles. The van der Waals surface area contributed by atoms with Gasteiger partial charge >= 0.3 is 5.97 Å². The number of hydrogen-bond donors (Lipinski definition) is 2. The summed E-state index contributed by atoms with van der Waals surface area (Å²) in [5.74, 6) is -1.14. The molecule has 1 amide bonds. The van der Waals surface area contributed by atoms with Crippen LogP contribution in [0.25, 0.3) is 0 Å². The molecule has 1 aromatic carbocycles. The van der Waals surface area contributed by atoms with E-state index in [1.807, 2.05) is 26.0 Å². The maximum atomic E-state index is 12.2. The lowest BCUT2D eigenvalue weighted by molar-refractivity contribution is -0.153. The molecule has 3 unspecified atom stereocenters. The smallest absolute Gasteiger partial charge is 0.307 e. The average molecular weight is 289 g/mol. The highest BCUT2D eigenvalue weighted by Gasteiger charge is 2.42. The molecule has 3 rings (SSSR count). The Morgan fingerprint density at radius 3 is 2.57 bits per heavy atom. The molecule has 1 aromatic rings. The number of fused-ring (bicyclic) bond motifs is 1. The van der Waals surface area contributed by atoms with Gasteiger partial charge in [-0.2, -0.15) is 0 Å². The number of nitrogens with one attached hydrogen (secondary N) is 1. The number of benzene rings is 1. The zero-order valence-corrected chi connectivity index (χ0v) is 12.2. The minimum absolute atomic E-state index is 0.173. The van der Waals surface area contributed by atoms with Crippen LogP contribution in [0, 0.1) is 25.7 Å².